The zero-order valence-electron chi connectivity index (χ0n) is 22.0. The highest BCUT2D eigenvalue weighted by Crippen LogP contribution is 2.26. The number of ether oxygens (including phenoxy) is 1. The second-order valence-corrected chi connectivity index (χ2v) is 11.1. The number of hydrogen-bond donors (Lipinski definition) is 1. The number of halogens is 2. The third-order valence-corrected chi connectivity index (χ3v) is 6.66. The van der Waals surface area contributed by atoms with Crippen LogP contribution in [0.3, 0.4) is 0 Å². The van der Waals surface area contributed by atoms with Gasteiger partial charge >= 0.3 is 0 Å². The van der Waals surface area contributed by atoms with Crippen LogP contribution in [0.25, 0.3) is 0 Å². The molecule has 0 radical (unpaired) electrons. The molecule has 7 heteroatoms. The van der Waals surface area contributed by atoms with Gasteiger partial charge in [0.2, 0.25) is 5.91 Å². The molecule has 0 aliphatic rings. The molecule has 0 unspecified atom stereocenters. The molecule has 0 aromatic heterocycles. The minimum Gasteiger partial charge on any atom is -0.484 e. The van der Waals surface area contributed by atoms with Gasteiger partial charge in [0.1, 0.15) is 11.8 Å². The molecule has 0 aliphatic carbocycles. The molecule has 0 fully saturated rings. The summed E-state index contributed by atoms with van der Waals surface area (Å²) in [5, 5.41) is 4.33. The van der Waals surface area contributed by atoms with Crippen molar-refractivity contribution in [1.82, 2.24) is 10.2 Å². The van der Waals surface area contributed by atoms with Gasteiger partial charge in [-0.1, -0.05) is 65.7 Å². The molecule has 0 saturated carbocycles. The fourth-order valence-corrected chi connectivity index (χ4v) is 4.25. The Labute approximate surface area is 229 Å². The lowest BCUT2D eigenvalue weighted by molar-refractivity contribution is -0.143. The van der Waals surface area contributed by atoms with Gasteiger partial charge in [-0.15, -0.1) is 0 Å². The van der Waals surface area contributed by atoms with E-state index in [0.717, 1.165) is 22.3 Å². The Morgan fingerprint density at radius 3 is 2.08 bits per heavy atom. The molecule has 0 bridgehead atoms. The van der Waals surface area contributed by atoms with E-state index in [-0.39, 0.29) is 25.0 Å². The van der Waals surface area contributed by atoms with Crippen molar-refractivity contribution >= 4 is 35.0 Å². The van der Waals surface area contributed by atoms with Gasteiger partial charge in [-0.2, -0.15) is 0 Å². The van der Waals surface area contributed by atoms with Crippen LogP contribution in [0.4, 0.5) is 0 Å². The Hall–Kier alpha value is -3.02. The average molecular weight is 542 g/mol. The summed E-state index contributed by atoms with van der Waals surface area (Å²) in [6.45, 7) is 9.56. The number of rotatable bonds is 9. The number of amides is 2. The maximum Gasteiger partial charge on any atom is 0.261 e. The van der Waals surface area contributed by atoms with Crippen LogP contribution >= 0.6 is 23.2 Å². The van der Waals surface area contributed by atoms with E-state index in [0.29, 0.717) is 22.2 Å². The van der Waals surface area contributed by atoms with E-state index in [4.69, 9.17) is 27.9 Å². The minimum atomic E-state index is -0.748. The third kappa shape index (κ3) is 8.51. The molecule has 0 heterocycles. The van der Waals surface area contributed by atoms with Crippen LogP contribution in [-0.4, -0.2) is 34.9 Å². The summed E-state index contributed by atoms with van der Waals surface area (Å²) in [6, 6.07) is 19.8. The molecule has 3 aromatic carbocycles. The number of nitrogens with zero attached hydrogens (tertiary/aromatic N) is 1. The highest BCUT2D eigenvalue weighted by Gasteiger charge is 2.32. The quantitative estimate of drug-likeness (QED) is 0.335. The molecular formula is C30H34Cl2N2O3. The number of benzene rings is 3. The number of carbonyl (C=O) groups excluding carboxylic acids is 2. The van der Waals surface area contributed by atoms with E-state index in [1.165, 1.54) is 0 Å². The smallest absolute Gasteiger partial charge is 0.261 e. The van der Waals surface area contributed by atoms with E-state index < -0.39 is 11.6 Å². The maximum atomic E-state index is 13.7. The summed E-state index contributed by atoms with van der Waals surface area (Å²) in [6.07, 6.45) is 0.362. The molecule has 2 amide bonds. The van der Waals surface area contributed by atoms with E-state index in [1.807, 2.05) is 77.1 Å². The Kier molecular flexibility index (Phi) is 9.63. The van der Waals surface area contributed by atoms with Crippen molar-refractivity contribution < 1.29 is 14.3 Å². The molecule has 1 atom stereocenters. The third-order valence-electron chi connectivity index (χ3n) is 5.81. The fraction of sp³-hybridized carbons (Fsp3) is 0.333. The molecule has 0 saturated heterocycles. The summed E-state index contributed by atoms with van der Waals surface area (Å²) in [5.41, 5.74) is 3.09. The molecule has 3 aromatic rings. The van der Waals surface area contributed by atoms with E-state index in [2.05, 4.69) is 5.32 Å². The molecular weight excluding hydrogens is 507 g/mol. The van der Waals surface area contributed by atoms with Crippen LogP contribution < -0.4 is 10.1 Å². The summed E-state index contributed by atoms with van der Waals surface area (Å²) in [5.74, 6) is 0.0278. The maximum absolute atomic E-state index is 13.7. The Morgan fingerprint density at radius 2 is 1.51 bits per heavy atom. The summed E-state index contributed by atoms with van der Waals surface area (Å²) in [4.78, 5) is 28.9. The average Bonchev–Trinajstić information content (AvgIpc) is 2.83. The topological polar surface area (TPSA) is 58.6 Å². The number of nitrogens with one attached hydrogen (secondary N) is 1. The summed E-state index contributed by atoms with van der Waals surface area (Å²) in [7, 11) is 0. The van der Waals surface area contributed by atoms with Gasteiger partial charge < -0.3 is 15.0 Å². The Bertz CT molecular complexity index is 1200. The van der Waals surface area contributed by atoms with Gasteiger partial charge in [-0.25, -0.2) is 0 Å². The predicted molar refractivity (Wildman–Crippen MR) is 150 cm³/mol. The van der Waals surface area contributed by atoms with Crippen molar-refractivity contribution in [2.75, 3.05) is 6.61 Å². The Morgan fingerprint density at radius 1 is 0.919 bits per heavy atom. The van der Waals surface area contributed by atoms with Gasteiger partial charge in [-0.3, -0.25) is 9.59 Å². The molecule has 0 spiro atoms. The van der Waals surface area contributed by atoms with Crippen molar-refractivity contribution in [3.05, 3.63) is 99.0 Å². The molecule has 1 N–H and O–H groups in total. The lowest BCUT2D eigenvalue weighted by Gasteiger charge is -2.33. The van der Waals surface area contributed by atoms with Gasteiger partial charge in [-0.05, 0) is 81.1 Å². The van der Waals surface area contributed by atoms with Crippen LogP contribution in [0.5, 0.6) is 5.75 Å². The van der Waals surface area contributed by atoms with Crippen molar-refractivity contribution in [1.29, 1.82) is 0 Å². The fourth-order valence-electron chi connectivity index (χ4n) is 4.01. The first-order valence-electron chi connectivity index (χ1n) is 12.2. The van der Waals surface area contributed by atoms with Crippen molar-refractivity contribution in [2.24, 2.45) is 0 Å². The first-order chi connectivity index (χ1) is 17.4. The van der Waals surface area contributed by atoms with Gasteiger partial charge in [0.25, 0.3) is 5.91 Å². The molecule has 5 nitrogen and oxygen atoms in total. The van der Waals surface area contributed by atoms with E-state index in [9.17, 15) is 9.59 Å². The molecule has 37 heavy (non-hydrogen) atoms. The van der Waals surface area contributed by atoms with Gasteiger partial charge in [0.15, 0.2) is 6.61 Å². The van der Waals surface area contributed by atoms with Crippen LogP contribution in [0.2, 0.25) is 10.0 Å². The zero-order valence-corrected chi connectivity index (χ0v) is 23.5. The lowest BCUT2D eigenvalue weighted by Crippen LogP contribution is -2.55. The van der Waals surface area contributed by atoms with Gasteiger partial charge in [0, 0.05) is 28.5 Å². The number of carbonyl (C=O) groups is 2. The first kappa shape index (κ1) is 28.5. The van der Waals surface area contributed by atoms with E-state index >= 15 is 0 Å². The Balaban J connectivity index is 1.94. The van der Waals surface area contributed by atoms with Gasteiger partial charge in [0.05, 0.1) is 0 Å². The summed E-state index contributed by atoms with van der Waals surface area (Å²) >= 11 is 12.4. The van der Waals surface area contributed by atoms with Crippen molar-refractivity contribution in [2.45, 2.75) is 59.2 Å². The minimum absolute atomic E-state index is 0.220. The lowest BCUT2D eigenvalue weighted by atomic mass is 10.0. The molecule has 0 aliphatic heterocycles. The number of hydrogen-bond acceptors (Lipinski definition) is 3. The standard InChI is InChI=1S/C30H34Cl2N2O3/c1-20-15-25(16-21(2)28(20)32)37-19-27(35)34(18-23-11-13-24(31)14-12-23)26(29(36)33-30(3,4)5)17-22-9-7-6-8-10-22/h6-16,26H,17-19H2,1-5H3,(H,33,36)/t26-/m0/s1. The summed E-state index contributed by atoms with van der Waals surface area (Å²) < 4.78 is 5.90. The van der Waals surface area contributed by atoms with Crippen LogP contribution in [0, 0.1) is 13.8 Å². The van der Waals surface area contributed by atoms with Crippen LogP contribution in [0.15, 0.2) is 66.7 Å². The van der Waals surface area contributed by atoms with Crippen molar-refractivity contribution in [3.8, 4) is 5.75 Å². The highest BCUT2D eigenvalue weighted by atomic mass is 35.5. The van der Waals surface area contributed by atoms with E-state index in [1.54, 1.807) is 29.2 Å². The second-order valence-electron chi connectivity index (χ2n) is 10.3. The van der Waals surface area contributed by atoms with Crippen molar-refractivity contribution in [3.63, 3.8) is 0 Å². The predicted octanol–water partition coefficient (Wildman–Crippen LogP) is 6.54. The molecule has 196 valence electrons. The first-order valence-corrected chi connectivity index (χ1v) is 13.0. The second kappa shape index (κ2) is 12.5. The monoisotopic (exact) mass is 540 g/mol. The normalized spacial score (nSPS) is 12.1. The highest BCUT2D eigenvalue weighted by molar-refractivity contribution is 6.32. The SMILES string of the molecule is Cc1cc(OCC(=O)N(Cc2ccc(Cl)cc2)[C@@H](Cc2ccccc2)C(=O)NC(C)(C)C)cc(C)c1Cl. The molecule has 3 rings (SSSR count). The zero-order chi connectivity index (χ0) is 27.2. The van der Waals surface area contributed by atoms with Crippen LogP contribution in [0.1, 0.15) is 43.0 Å². The van der Waals surface area contributed by atoms with Crippen LogP contribution in [-0.2, 0) is 22.6 Å². The largest absolute Gasteiger partial charge is 0.484 e. The number of aryl methyl sites for hydroxylation is 2.